The predicted octanol–water partition coefficient (Wildman–Crippen LogP) is 4.58. The molecule has 0 saturated heterocycles. The SMILES string of the molecule is O=[N+]([O-])c1cnc(NCc2ccccc2OC(F)(F)F)nc1NCC1CCC(NC[C@@H](O)c2cccnc2)CC1. The lowest BCUT2D eigenvalue weighted by Crippen LogP contribution is -2.37. The molecular formula is C26H30F3N7O4. The van der Waals surface area contributed by atoms with Crippen LogP contribution in [0.3, 0.4) is 0 Å². The molecule has 4 N–H and O–H groups in total. The van der Waals surface area contributed by atoms with Crippen molar-refractivity contribution in [2.45, 2.75) is 50.7 Å². The van der Waals surface area contributed by atoms with Gasteiger partial charge in [-0.05, 0) is 43.7 Å². The smallest absolute Gasteiger partial charge is 0.405 e. The summed E-state index contributed by atoms with van der Waals surface area (Å²) < 4.78 is 42.1. The molecule has 3 aromatic rings. The monoisotopic (exact) mass is 561 g/mol. The third kappa shape index (κ3) is 8.48. The molecule has 2 aromatic heterocycles. The first-order valence-corrected chi connectivity index (χ1v) is 12.8. The van der Waals surface area contributed by atoms with Gasteiger partial charge in [-0.3, -0.25) is 15.1 Å². The maximum atomic E-state index is 12.7. The number of aliphatic hydroxyl groups is 1. The molecule has 40 heavy (non-hydrogen) atoms. The van der Waals surface area contributed by atoms with Crippen molar-refractivity contribution < 1.29 is 27.9 Å². The van der Waals surface area contributed by atoms with Gasteiger partial charge in [0.1, 0.15) is 11.9 Å². The zero-order valence-electron chi connectivity index (χ0n) is 21.5. The summed E-state index contributed by atoms with van der Waals surface area (Å²) in [6.07, 6.45) is 2.43. The minimum Gasteiger partial charge on any atom is -0.405 e. The summed E-state index contributed by atoms with van der Waals surface area (Å²) >= 11 is 0. The highest BCUT2D eigenvalue weighted by Gasteiger charge is 2.32. The van der Waals surface area contributed by atoms with Crippen molar-refractivity contribution in [2.75, 3.05) is 23.7 Å². The first kappa shape index (κ1) is 29.0. The Morgan fingerprint density at radius 3 is 2.58 bits per heavy atom. The summed E-state index contributed by atoms with van der Waals surface area (Å²) in [6.45, 7) is 0.801. The lowest BCUT2D eigenvalue weighted by Gasteiger charge is -2.30. The van der Waals surface area contributed by atoms with E-state index in [4.69, 9.17) is 0 Å². The fourth-order valence-corrected chi connectivity index (χ4v) is 4.55. The van der Waals surface area contributed by atoms with Crippen LogP contribution in [-0.4, -0.2) is 50.5 Å². The Morgan fingerprint density at radius 2 is 1.88 bits per heavy atom. The molecule has 214 valence electrons. The Balaban J connectivity index is 1.29. The first-order valence-electron chi connectivity index (χ1n) is 12.8. The number of aliphatic hydroxyl groups excluding tert-OH is 1. The highest BCUT2D eigenvalue weighted by atomic mass is 19.4. The average Bonchev–Trinajstić information content (AvgIpc) is 2.94. The van der Waals surface area contributed by atoms with Crippen LogP contribution in [-0.2, 0) is 6.54 Å². The van der Waals surface area contributed by atoms with Gasteiger partial charge in [0.15, 0.2) is 0 Å². The molecule has 1 saturated carbocycles. The van der Waals surface area contributed by atoms with E-state index >= 15 is 0 Å². The number of ether oxygens (including phenoxy) is 1. The van der Waals surface area contributed by atoms with Crippen LogP contribution in [0.25, 0.3) is 0 Å². The highest BCUT2D eigenvalue weighted by molar-refractivity contribution is 5.57. The number of aromatic nitrogens is 3. The normalized spacial score (nSPS) is 18.1. The molecule has 0 bridgehead atoms. The van der Waals surface area contributed by atoms with Crippen LogP contribution in [0, 0.1) is 16.0 Å². The lowest BCUT2D eigenvalue weighted by atomic mass is 9.86. The van der Waals surface area contributed by atoms with E-state index in [1.165, 1.54) is 18.2 Å². The van der Waals surface area contributed by atoms with E-state index in [-0.39, 0.29) is 47.3 Å². The standard InChI is InChI=1S/C26H30F3N7O4/c27-26(28,29)40-23-6-2-1-4-19(23)14-33-25-34-15-21(36(38)39)24(35-25)32-12-17-7-9-20(10-8-17)31-16-22(37)18-5-3-11-30-13-18/h1-6,11,13,15,17,20,22,31,37H,7-10,12,14,16H2,(H2,32,33,34,35)/t17?,20?,22-/m1/s1. The largest absolute Gasteiger partial charge is 0.573 e. The number of hydrogen-bond donors (Lipinski definition) is 4. The van der Waals surface area contributed by atoms with E-state index in [1.807, 2.05) is 6.07 Å². The van der Waals surface area contributed by atoms with Crippen molar-refractivity contribution in [1.82, 2.24) is 20.3 Å². The molecule has 0 unspecified atom stereocenters. The molecule has 0 amide bonds. The van der Waals surface area contributed by atoms with Gasteiger partial charge in [-0.2, -0.15) is 4.98 Å². The van der Waals surface area contributed by atoms with E-state index in [9.17, 15) is 28.4 Å². The first-order chi connectivity index (χ1) is 19.2. The third-order valence-corrected chi connectivity index (χ3v) is 6.68. The number of nitro groups is 1. The highest BCUT2D eigenvalue weighted by Crippen LogP contribution is 2.29. The van der Waals surface area contributed by atoms with Gasteiger partial charge in [0, 0.05) is 49.2 Å². The number of alkyl halides is 3. The van der Waals surface area contributed by atoms with Crippen molar-refractivity contribution in [2.24, 2.45) is 5.92 Å². The van der Waals surface area contributed by atoms with Gasteiger partial charge in [-0.1, -0.05) is 24.3 Å². The van der Waals surface area contributed by atoms with Gasteiger partial charge in [0.2, 0.25) is 11.8 Å². The van der Waals surface area contributed by atoms with Crippen molar-refractivity contribution in [3.05, 3.63) is 76.2 Å². The number of nitrogens with one attached hydrogen (secondary N) is 3. The lowest BCUT2D eigenvalue weighted by molar-refractivity contribution is -0.384. The molecule has 0 aliphatic heterocycles. The Hall–Kier alpha value is -4.04. The second-order valence-corrected chi connectivity index (χ2v) is 9.50. The minimum absolute atomic E-state index is 0.0231. The van der Waals surface area contributed by atoms with Gasteiger partial charge < -0.3 is 25.8 Å². The zero-order valence-corrected chi connectivity index (χ0v) is 21.5. The number of rotatable bonds is 12. The fourth-order valence-electron chi connectivity index (χ4n) is 4.55. The zero-order chi connectivity index (χ0) is 28.5. The average molecular weight is 562 g/mol. The molecule has 1 fully saturated rings. The van der Waals surface area contributed by atoms with Crippen molar-refractivity contribution in [3.8, 4) is 5.75 Å². The Morgan fingerprint density at radius 1 is 1.10 bits per heavy atom. The Bertz CT molecular complexity index is 1260. The topological polar surface area (TPSA) is 147 Å². The quantitative estimate of drug-likeness (QED) is 0.183. The second kappa shape index (κ2) is 13.3. The summed E-state index contributed by atoms with van der Waals surface area (Å²) in [7, 11) is 0. The summed E-state index contributed by atoms with van der Waals surface area (Å²) in [5.74, 6) is -0.0460. The number of para-hydroxylation sites is 1. The fraction of sp³-hybridized carbons (Fsp3) is 0.423. The van der Waals surface area contributed by atoms with Crippen LogP contribution >= 0.6 is 0 Å². The number of anilines is 2. The predicted molar refractivity (Wildman–Crippen MR) is 141 cm³/mol. The molecular weight excluding hydrogens is 531 g/mol. The van der Waals surface area contributed by atoms with Gasteiger partial charge in [-0.25, -0.2) is 4.98 Å². The molecule has 1 aliphatic carbocycles. The molecule has 0 spiro atoms. The summed E-state index contributed by atoms with van der Waals surface area (Å²) in [5, 5.41) is 31.1. The molecule has 1 atom stereocenters. The van der Waals surface area contributed by atoms with Crippen molar-refractivity contribution >= 4 is 17.5 Å². The Labute approximate surface area is 228 Å². The van der Waals surface area contributed by atoms with Crippen LogP contribution in [0.1, 0.15) is 42.9 Å². The van der Waals surface area contributed by atoms with Crippen LogP contribution in [0.2, 0.25) is 0 Å². The molecule has 14 heteroatoms. The van der Waals surface area contributed by atoms with Gasteiger partial charge in [-0.15, -0.1) is 13.2 Å². The summed E-state index contributed by atoms with van der Waals surface area (Å²) in [6, 6.07) is 9.52. The summed E-state index contributed by atoms with van der Waals surface area (Å²) in [5.41, 5.74) is 0.674. The number of benzene rings is 1. The van der Waals surface area contributed by atoms with Crippen molar-refractivity contribution in [3.63, 3.8) is 0 Å². The van der Waals surface area contributed by atoms with E-state index in [0.717, 1.165) is 37.4 Å². The molecule has 1 aromatic carbocycles. The van der Waals surface area contributed by atoms with Gasteiger partial charge in [0.05, 0.1) is 11.0 Å². The Kier molecular flexibility index (Phi) is 9.66. The van der Waals surface area contributed by atoms with Crippen LogP contribution in [0.5, 0.6) is 5.75 Å². The van der Waals surface area contributed by atoms with E-state index in [2.05, 4.69) is 35.6 Å². The van der Waals surface area contributed by atoms with Crippen molar-refractivity contribution in [1.29, 1.82) is 0 Å². The van der Waals surface area contributed by atoms with E-state index < -0.39 is 17.4 Å². The number of nitrogens with zero attached hydrogens (tertiary/aromatic N) is 4. The summed E-state index contributed by atoms with van der Waals surface area (Å²) in [4.78, 5) is 23.1. The van der Waals surface area contributed by atoms with E-state index in [0.29, 0.717) is 13.1 Å². The van der Waals surface area contributed by atoms with Crippen LogP contribution in [0.4, 0.5) is 30.6 Å². The molecule has 1 aliphatic rings. The molecule has 0 radical (unpaired) electrons. The van der Waals surface area contributed by atoms with Gasteiger partial charge >= 0.3 is 12.0 Å². The number of halogens is 3. The van der Waals surface area contributed by atoms with Gasteiger partial charge in [0.25, 0.3) is 0 Å². The molecule has 2 heterocycles. The van der Waals surface area contributed by atoms with Crippen LogP contribution in [0.15, 0.2) is 55.0 Å². The molecule has 4 rings (SSSR count). The minimum atomic E-state index is -4.84. The van der Waals surface area contributed by atoms with Crippen LogP contribution < -0.4 is 20.7 Å². The number of hydrogen-bond acceptors (Lipinski definition) is 10. The second-order valence-electron chi connectivity index (χ2n) is 9.50. The maximum absolute atomic E-state index is 12.7. The number of pyridine rings is 1. The third-order valence-electron chi connectivity index (χ3n) is 6.68. The molecule has 11 nitrogen and oxygen atoms in total. The maximum Gasteiger partial charge on any atom is 0.573 e. The van der Waals surface area contributed by atoms with E-state index in [1.54, 1.807) is 24.5 Å².